The van der Waals surface area contributed by atoms with Gasteiger partial charge in [-0.2, -0.15) is 0 Å². The van der Waals surface area contributed by atoms with E-state index in [9.17, 15) is 4.79 Å². The Hall–Kier alpha value is -2.83. The molecule has 1 amide bonds. The molecule has 5 nitrogen and oxygen atoms in total. The van der Waals surface area contributed by atoms with Crippen LogP contribution in [-0.2, 0) is 13.0 Å². The minimum atomic E-state index is -0.0334. The summed E-state index contributed by atoms with van der Waals surface area (Å²) in [6.45, 7) is 2.15. The number of para-hydroxylation sites is 2. The van der Waals surface area contributed by atoms with E-state index in [1.165, 1.54) is 0 Å². The number of halogens is 2. The first-order valence-electron chi connectivity index (χ1n) is 12.0. The number of nitrogens with zero attached hydrogens (tertiary/aromatic N) is 2. The van der Waals surface area contributed by atoms with Gasteiger partial charge < -0.3 is 14.6 Å². The molecule has 0 fully saturated rings. The molecule has 4 rings (SSSR count). The van der Waals surface area contributed by atoms with E-state index in [2.05, 4.69) is 44.0 Å². The third-order valence-electron chi connectivity index (χ3n) is 5.79. The maximum absolute atomic E-state index is 12.3. The molecule has 0 spiro atoms. The third-order valence-corrected chi connectivity index (χ3v) is 6.54. The number of hydrogen-bond donors (Lipinski definition) is 1. The number of aryl methyl sites for hydroxylation is 2. The van der Waals surface area contributed by atoms with Gasteiger partial charge in [-0.05, 0) is 73.9 Å². The molecule has 1 aromatic heterocycles. The van der Waals surface area contributed by atoms with Crippen LogP contribution >= 0.6 is 27.5 Å². The number of imidazole rings is 1. The quantitative estimate of drug-likeness (QED) is 0.191. The van der Waals surface area contributed by atoms with Crippen molar-refractivity contribution in [2.45, 2.75) is 38.6 Å². The molecule has 4 aromatic rings. The van der Waals surface area contributed by atoms with Gasteiger partial charge in [-0.1, -0.05) is 52.2 Å². The first-order chi connectivity index (χ1) is 17.1. The van der Waals surface area contributed by atoms with Crippen molar-refractivity contribution >= 4 is 44.5 Å². The average Bonchev–Trinajstić information content (AvgIpc) is 3.22. The molecular weight excluding hydrogens is 526 g/mol. The predicted octanol–water partition coefficient (Wildman–Crippen LogP) is 7.06. The number of rotatable bonds is 12. The molecule has 0 aliphatic rings. The van der Waals surface area contributed by atoms with Crippen LogP contribution in [0.25, 0.3) is 11.0 Å². The second-order valence-electron chi connectivity index (χ2n) is 8.40. The number of ether oxygens (including phenoxy) is 1. The summed E-state index contributed by atoms with van der Waals surface area (Å²) in [6, 6.07) is 23.2. The number of benzene rings is 3. The zero-order chi connectivity index (χ0) is 24.5. The lowest BCUT2D eigenvalue weighted by Gasteiger charge is -2.11. The number of carbonyl (C=O) groups excluding carboxylic acids is 1. The number of amides is 1. The average molecular weight is 555 g/mol. The van der Waals surface area contributed by atoms with Crippen LogP contribution in [0.1, 0.15) is 41.9 Å². The van der Waals surface area contributed by atoms with E-state index in [0.717, 1.165) is 65.7 Å². The van der Waals surface area contributed by atoms with E-state index in [1.807, 2.05) is 54.6 Å². The second kappa shape index (κ2) is 12.8. The molecule has 3 aromatic carbocycles. The maximum Gasteiger partial charge on any atom is 0.251 e. The molecule has 1 N–H and O–H groups in total. The van der Waals surface area contributed by atoms with Gasteiger partial charge in [0.15, 0.2) is 0 Å². The van der Waals surface area contributed by atoms with Crippen LogP contribution in [0.5, 0.6) is 5.75 Å². The highest BCUT2D eigenvalue weighted by molar-refractivity contribution is 9.10. The lowest BCUT2D eigenvalue weighted by atomic mass is 10.1. The van der Waals surface area contributed by atoms with Crippen molar-refractivity contribution in [3.05, 3.63) is 93.7 Å². The zero-order valence-corrected chi connectivity index (χ0v) is 21.9. The highest BCUT2D eigenvalue weighted by Crippen LogP contribution is 2.19. The van der Waals surface area contributed by atoms with Gasteiger partial charge in [0.1, 0.15) is 11.6 Å². The number of fused-ring (bicyclic) bond motifs is 1. The van der Waals surface area contributed by atoms with Gasteiger partial charge >= 0.3 is 0 Å². The van der Waals surface area contributed by atoms with Crippen molar-refractivity contribution in [2.75, 3.05) is 13.2 Å². The van der Waals surface area contributed by atoms with Gasteiger partial charge in [-0.3, -0.25) is 4.79 Å². The molecule has 1 heterocycles. The Bertz CT molecular complexity index is 1260. The fourth-order valence-electron chi connectivity index (χ4n) is 4.03. The molecule has 0 aliphatic heterocycles. The lowest BCUT2D eigenvalue weighted by Crippen LogP contribution is -2.24. The van der Waals surface area contributed by atoms with Crippen LogP contribution < -0.4 is 10.1 Å². The van der Waals surface area contributed by atoms with Gasteiger partial charge in [-0.25, -0.2) is 4.98 Å². The van der Waals surface area contributed by atoms with Crippen molar-refractivity contribution in [2.24, 2.45) is 0 Å². The van der Waals surface area contributed by atoms with Crippen molar-refractivity contribution in [1.82, 2.24) is 14.9 Å². The van der Waals surface area contributed by atoms with Gasteiger partial charge in [-0.15, -0.1) is 0 Å². The minimum Gasteiger partial charge on any atom is -0.494 e. The summed E-state index contributed by atoms with van der Waals surface area (Å²) in [5.41, 5.74) is 2.87. The van der Waals surface area contributed by atoms with E-state index in [4.69, 9.17) is 21.3 Å². The minimum absolute atomic E-state index is 0.0334. The summed E-state index contributed by atoms with van der Waals surface area (Å²) < 4.78 is 9.09. The van der Waals surface area contributed by atoms with E-state index in [0.29, 0.717) is 23.7 Å². The van der Waals surface area contributed by atoms with Crippen molar-refractivity contribution in [3.63, 3.8) is 0 Å². The summed E-state index contributed by atoms with van der Waals surface area (Å²) >= 11 is 9.35. The summed E-state index contributed by atoms with van der Waals surface area (Å²) in [5, 5.41) is 3.71. The van der Waals surface area contributed by atoms with Crippen LogP contribution in [0.3, 0.4) is 0 Å². The number of carbonyl (C=O) groups is 1. The van der Waals surface area contributed by atoms with Crippen molar-refractivity contribution in [3.8, 4) is 5.75 Å². The van der Waals surface area contributed by atoms with E-state index < -0.39 is 0 Å². The van der Waals surface area contributed by atoms with E-state index in [1.54, 1.807) is 0 Å². The van der Waals surface area contributed by atoms with Crippen molar-refractivity contribution < 1.29 is 9.53 Å². The predicted molar refractivity (Wildman–Crippen MR) is 145 cm³/mol. The number of hydrogen-bond acceptors (Lipinski definition) is 3. The summed E-state index contributed by atoms with van der Waals surface area (Å²) in [5.74, 6) is 1.90. The standard InChI is InChI=1S/C28H29BrClN3O2/c29-22-9-6-8-21(20-22)28(34)31-17-5-1-2-12-27-32-25-10-3-4-11-26(25)33(27)18-7-19-35-24-15-13-23(30)14-16-24/h3-4,6,8-11,13-16,20H,1-2,5,7,12,17-19H2,(H,31,34). The largest absolute Gasteiger partial charge is 0.494 e. The molecule has 0 radical (unpaired) electrons. The smallest absolute Gasteiger partial charge is 0.251 e. The topological polar surface area (TPSA) is 56.2 Å². The Morgan fingerprint density at radius 3 is 2.63 bits per heavy atom. The SMILES string of the molecule is O=C(NCCCCCc1nc2ccccc2n1CCCOc1ccc(Cl)cc1)c1cccc(Br)c1. The molecule has 0 aliphatic carbocycles. The molecule has 0 unspecified atom stereocenters. The molecule has 0 saturated carbocycles. The fraction of sp³-hybridized carbons (Fsp3) is 0.286. The van der Waals surface area contributed by atoms with Crippen LogP contribution in [0, 0.1) is 0 Å². The molecule has 0 bridgehead atoms. The monoisotopic (exact) mass is 553 g/mol. The maximum atomic E-state index is 12.3. The van der Waals surface area contributed by atoms with Crippen LogP contribution in [0.4, 0.5) is 0 Å². The Morgan fingerprint density at radius 1 is 0.971 bits per heavy atom. The number of nitrogens with one attached hydrogen (secondary N) is 1. The molecule has 0 atom stereocenters. The van der Waals surface area contributed by atoms with E-state index >= 15 is 0 Å². The molecule has 7 heteroatoms. The van der Waals surface area contributed by atoms with Crippen LogP contribution in [-0.4, -0.2) is 28.6 Å². The summed E-state index contributed by atoms with van der Waals surface area (Å²) in [7, 11) is 0. The Labute approximate surface area is 219 Å². The van der Waals surface area contributed by atoms with E-state index in [-0.39, 0.29) is 5.91 Å². The molecular formula is C28H29BrClN3O2. The van der Waals surface area contributed by atoms with Crippen LogP contribution in [0.2, 0.25) is 5.02 Å². The molecule has 0 saturated heterocycles. The van der Waals surface area contributed by atoms with Crippen LogP contribution in [0.15, 0.2) is 77.3 Å². The van der Waals surface area contributed by atoms with Gasteiger partial charge in [0, 0.05) is 34.6 Å². The highest BCUT2D eigenvalue weighted by Gasteiger charge is 2.10. The second-order valence-corrected chi connectivity index (χ2v) is 9.75. The summed E-state index contributed by atoms with van der Waals surface area (Å²) in [4.78, 5) is 17.2. The number of unbranched alkanes of at least 4 members (excludes halogenated alkanes) is 2. The third kappa shape index (κ3) is 7.33. The molecule has 182 valence electrons. The Balaban J connectivity index is 1.24. The molecule has 35 heavy (non-hydrogen) atoms. The summed E-state index contributed by atoms with van der Waals surface area (Å²) in [6.07, 6.45) is 4.79. The zero-order valence-electron chi connectivity index (χ0n) is 19.6. The fourth-order valence-corrected chi connectivity index (χ4v) is 4.55. The van der Waals surface area contributed by atoms with Crippen molar-refractivity contribution in [1.29, 1.82) is 0 Å². The number of aromatic nitrogens is 2. The first-order valence-corrected chi connectivity index (χ1v) is 13.1. The highest BCUT2D eigenvalue weighted by atomic mass is 79.9. The Morgan fingerprint density at radius 2 is 1.80 bits per heavy atom. The normalized spacial score (nSPS) is 11.0. The first kappa shape index (κ1) is 25.3. The lowest BCUT2D eigenvalue weighted by molar-refractivity contribution is 0.0953. The van der Waals surface area contributed by atoms with Gasteiger partial charge in [0.2, 0.25) is 0 Å². The van der Waals surface area contributed by atoms with Gasteiger partial charge in [0.05, 0.1) is 17.6 Å². The Kier molecular flexibility index (Phi) is 9.21. The van der Waals surface area contributed by atoms with Gasteiger partial charge in [0.25, 0.3) is 5.91 Å².